The van der Waals surface area contributed by atoms with Crippen LogP contribution in [0.3, 0.4) is 0 Å². The van der Waals surface area contributed by atoms with Crippen molar-refractivity contribution in [2.24, 2.45) is 4.99 Å². The predicted octanol–water partition coefficient (Wildman–Crippen LogP) is 4.50. The fraction of sp³-hybridized carbons (Fsp3) is 0.167. The Labute approximate surface area is 164 Å². The van der Waals surface area contributed by atoms with Crippen LogP contribution in [0.5, 0.6) is 11.5 Å². The van der Waals surface area contributed by atoms with Gasteiger partial charge >= 0.3 is 0 Å². The lowest BCUT2D eigenvalue weighted by Crippen LogP contribution is -2.22. The summed E-state index contributed by atoms with van der Waals surface area (Å²) in [6, 6.07) is 23.2. The Kier molecular flexibility index (Phi) is 5.20. The molecule has 0 fully saturated rings. The van der Waals surface area contributed by atoms with Gasteiger partial charge in [-0.3, -0.25) is 9.79 Å². The Morgan fingerprint density at radius 2 is 1.79 bits per heavy atom. The Hall–Kier alpha value is -3.40. The topological polar surface area (TPSA) is 47.9 Å². The van der Waals surface area contributed by atoms with Crippen LogP contribution in [0.25, 0.3) is 0 Å². The van der Waals surface area contributed by atoms with Gasteiger partial charge in [-0.25, -0.2) is 0 Å². The maximum absolute atomic E-state index is 13.1. The number of carbonyl (C=O) groups excluding carboxylic acids is 1. The van der Waals surface area contributed by atoms with Crippen LogP contribution in [0.4, 0.5) is 0 Å². The highest BCUT2D eigenvalue weighted by molar-refractivity contribution is 6.52. The first kappa shape index (κ1) is 18.0. The number of benzene rings is 3. The van der Waals surface area contributed by atoms with E-state index >= 15 is 0 Å². The van der Waals surface area contributed by atoms with Gasteiger partial charge in [-0.2, -0.15) is 0 Å². The van der Waals surface area contributed by atoms with E-state index in [-0.39, 0.29) is 5.78 Å². The summed E-state index contributed by atoms with van der Waals surface area (Å²) in [7, 11) is 1.57. The number of nitrogens with zero attached hydrogens (tertiary/aromatic N) is 1. The number of ether oxygens (including phenoxy) is 2. The fourth-order valence-corrected chi connectivity index (χ4v) is 3.37. The Balaban J connectivity index is 1.57. The van der Waals surface area contributed by atoms with Crippen molar-refractivity contribution < 1.29 is 14.3 Å². The largest absolute Gasteiger partial charge is 0.496 e. The number of fused-ring (bicyclic) bond motifs is 1. The minimum Gasteiger partial charge on any atom is -0.496 e. The number of ketones is 1. The van der Waals surface area contributed by atoms with Gasteiger partial charge in [0.1, 0.15) is 23.8 Å². The molecule has 0 bridgehead atoms. The molecule has 140 valence electrons. The molecule has 0 unspecified atom stereocenters. The Morgan fingerprint density at radius 1 is 1.00 bits per heavy atom. The second-order valence-electron chi connectivity index (χ2n) is 6.60. The minimum atomic E-state index is -0.114. The van der Waals surface area contributed by atoms with E-state index in [1.807, 2.05) is 60.7 Å². The highest BCUT2D eigenvalue weighted by Crippen LogP contribution is 2.26. The van der Waals surface area contributed by atoms with Crippen LogP contribution in [0, 0.1) is 0 Å². The second kappa shape index (κ2) is 8.09. The molecule has 4 nitrogen and oxygen atoms in total. The molecule has 28 heavy (non-hydrogen) atoms. The fourth-order valence-electron chi connectivity index (χ4n) is 3.37. The van der Waals surface area contributed by atoms with E-state index in [1.54, 1.807) is 19.2 Å². The lowest BCUT2D eigenvalue weighted by molar-refractivity contribution is 0.106. The van der Waals surface area contributed by atoms with Gasteiger partial charge in [0.05, 0.1) is 12.7 Å². The van der Waals surface area contributed by atoms with Crippen molar-refractivity contribution in [1.29, 1.82) is 0 Å². The summed E-state index contributed by atoms with van der Waals surface area (Å²) in [6.07, 6.45) is 0.792. The number of hydrogen-bond donors (Lipinski definition) is 0. The summed E-state index contributed by atoms with van der Waals surface area (Å²) in [6.45, 7) is 1.10. The van der Waals surface area contributed by atoms with E-state index in [2.05, 4.69) is 4.99 Å². The van der Waals surface area contributed by atoms with E-state index in [4.69, 9.17) is 9.47 Å². The quantitative estimate of drug-likeness (QED) is 0.599. The van der Waals surface area contributed by atoms with E-state index in [0.717, 1.165) is 28.9 Å². The molecule has 4 heteroatoms. The molecule has 3 aromatic rings. The average molecular weight is 371 g/mol. The Bertz CT molecular complexity index is 1030. The van der Waals surface area contributed by atoms with Crippen molar-refractivity contribution in [2.75, 3.05) is 13.7 Å². The van der Waals surface area contributed by atoms with Crippen LogP contribution < -0.4 is 9.47 Å². The van der Waals surface area contributed by atoms with Gasteiger partial charge in [0.25, 0.3) is 0 Å². The van der Waals surface area contributed by atoms with E-state index in [0.29, 0.717) is 30.2 Å². The molecule has 0 atom stereocenters. The van der Waals surface area contributed by atoms with Crippen LogP contribution in [0.1, 0.15) is 27.0 Å². The average Bonchev–Trinajstić information content (AvgIpc) is 2.77. The number of rotatable bonds is 6. The predicted molar refractivity (Wildman–Crippen MR) is 110 cm³/mol. The molecule has 0 spiro atoms. The Morgan fingerprint density at radius 3 is 2.61 bits per heavy atom. The standard InChI is InChI=1S/C24H21NO3/c1-27-22-10-6-5-9-21(22)24(26)23-20-12-11-19(15-18(20)13-14-25-23)28-16-17-7-3-2-4-8-17/h2-12,15H,13-14,16H2,1H3. The molecule has 1 aliphatic rings. The maximum Gasteiger partial charge on any atom is 0.215 e. The van der Waals surface area contributed by atoms with Gasteiger partial charge in [0.15, 0.2) is 0 Å². The lowest BCUT2D eigenvalue weighted by Gasteiger charge is -2.18. The molecule has 0 saturated heterocycles. The zero-order valence-electron chi connectivity index (χ0n) is 15.7. The molecule has 1 aliphatic heterocycles. The monoisotopic (exact) mass is 371 g/mol. The molecule has 0 amide bonds. The third-order valence-electron chi connectivity index (χ3n) is 4.80. The first-order valence-electron chi connectivity index (χ1n) is 9.28. The van der Waals surface area contributed by atoms with Crippen molar-refractivity contribution in [3.8, 4) is 11.5 Å². The first-order valence-corrected chi connectivity index (χ1v) is 9.28. The third-order valence-corrected chi connectivity index (χ3v) is 4.80. The molecule has 3 aromatic carbocycles. The van der Waals surface area contributed by atoms with E-state index < -0.39 is 0 Å². The number of carbonyl (C=O) groups is 1. The number of methoxy groups -OCH3 is 1. The summed E-state index contributed by atoms with van der Waals surface area (Å²) in [5, 5.41) is 0. The molecule has 4 rings (SSSR count). The maximum atomic E-state index is 13.1. The SMILES string of the molecule is COc1ccccc1C(=O)C1=NCCc2cc(OCc3ccccc3)ccc21. The number of hydrogen-bond acceptors (Lipinski definition) is 4. The van der Waals surface area contributed by atoms with Crippen LogP contribution in [0.2, 0.25) is 0 Å². The molecule has 0 aliphatic carbocycles. The molecule has 0 radical (unpaired) electrons. The van der Waals surface area contributed by atoms with Crippen LogP contribution in [0.15, 0.2) is 77.8 Å². The molecule has 0 N–H and O–H groups in total. The van der Waals surface area contributed by atoms with Crippen LogP contribution in [-0.2, 0) is 13.0 Å². The number of para-hydroxylation sites is 1. The third kappa shape index (κ3) is 3.67. The van der Waals surface area contributed by atoms with Gasteiger partial charge in [-0.05, 0) is 47.9 Å². The van der Waals surface area contributed by atoms with Gasteiger partial charge in [-0.1, -0.05) is 42.5 Å². The summed E-state index contributed by atoms with van der Waals surface area (Å²) in [5.41, 5.74) is 4.09. The summed E-state index contributed by atoms with van der Waals surface area (Å²) in [4.78, 5) is 17.6. The minimum absolute atomic E-state index is 0.114. The van der Waals surface area contributed by atoms with Crippen LogP contribution >= 0.6 is 0 Å². The van der Waals surface area contributed by atoms with Gasteiger partial charge in [0.2, 0.25) is 5.78 Å². The van der Waals surface area contributed by atoms with Crippen molar-refractivity contribution in [2.45, 2.75) is 13.0 Å². The highest BCUT2D eigenvalue weighted by atomic mass is 16.5. The lowest BCUT2D eigenvalue weighted by atomic mass is 9.92. The van der Waals surface area contributed by atoms with Crippen molar-refractivity contribution in [3.05, 3.63) is 95.1 Å². The summed E-state index contributed by atoms with van der Waals surface area (Å²) < 4.78 is 11.3. The molecule has 1 heterocycles. The molecular formula is C24H21NO3. The second-order valence-corrected chi connectivity index (χ2v) is 6.60. The van der Waals surface area contributed by atoms with Crippen LogP contribution in [-0.4, -0.2) is 25.1 Å². The van der Waals surface area contributed by atoms with Crippen molar-refractivity contribution >= 4 is 11.5 Å². The van der Waals surface area contributed by atoms with Gasteiger partial charge < -0.3 is 9.47 Å². The molecular weight excluding hydrogens is 350 g/mol. The zero-order chi connectivity index (χ0) is 19.3. The van der Waals surface area contributed by atoms with Crippen molar-refractivity contribution in [3.63, 3.8) is 0 Å². The van der Waals surface area contributed by atoms with E-state index in [1.165, 1.54) is 0 Å². The smallest absolute Gasteiger partial charge is 0.215 e. The highest BCUT2D eigenvalue weighted by Gasteiger charge is 2.24. The molecule has 0 saturated carbocycles. The normalized spacial score (nSPS) is 12.7. The van der Waals surface area contributed by atoms with Gasteiger partial charge in [0, 0.05) is 12.1 Å². The van der Waals surface area contributed by atoms with Gasteiger partial charge in [-0.15, -0.1) is 0 Å². The number of Topliss-reactive ketones (excluding diaryl/α,β-unsaturated/α-hetero) is 1. The number of aliphatic imine (C=N–C) groups is 1. The van der Waals surface area contributed by atoms with Crippen molar-refractivity contribution in [1.82, 2.24) is 0 Å². The summed E-state index contributed by atoms with van der Waals surface area (Å²) in [5.74, 6) is 1.25. The first-order chi connectivity index (χ1) is 13.8. The molecule has 0 aromatic heterocycles. The van der Waals surface area contributed by atoms with E-state index in [9.17, 15) is 4.79 Å². The zero-order valence-corrected chi connectivity index (χ0v) is 15.7. The summed E-state index contributed by atoms with van der Waals surface area (Å²) >= 11 is 0.